The maximum Gasteiger partial charge on any atom is 0.374 e. The topological polar surface area (TPSA) is 72.8 Å². The van der Waals surface area contributed by atoms with Gasteiger partial charge in [0.2, 0.25) is 5.82 Å². The predicted molar refractivity (Wildman–Crippen MR) is 125 cm³/mol. The van der Waals surface area contributed by atoms with Crippen molar-refractivity contribution in [2.45, 2.75) is 51.5 Å². The third kappa shape index (κ3) is 4.03. The first-order valence-corrected chi connectivity index (χ1v) is 11.6. The summed E-state index contributed by atoms with van der Waals surface area (Å²) in [5.41, 5.74) is 3.96. The predicted octanol–water partition coefficient (Wildman–Crippen LogP) is 6.30. The number of aromatic amines is 1. The first-order valence-electron chi connectivity index (χ1n) is 11.6. The van der Waals surface area contributed by atoms with Gasteiger partial charge in [0.25, 0.3) is 0 Å². The molecule has 1 aliphatic carbocycles. The Balaban J connectivity index is 1.82. The molecule has 3 aromatic heterocycles. The lowest BCUT2D eigenvalue weighted by Crippen LogP contribution is -2.18. The Morgan fingerprint density at radius 3 is 2.61 bits per heavy atom. The van der Waals surface area contributed by atoms with Gasteiger partial charge in [0, 0.05) is 34.9 Å². The lowest BCUT2D eigenvalue weighted by Gasteiger charge is -2.22. The Labute approximate surface area is 191 Å². The van der Waals surface area contributed by atoms with Gasteiger partial charge in [-0.3, -0.25) is 0 Å². The van der Waals surface area contributed by atoms with Gasteiger partial charge in [-0.25, -0.2) is 19.2 Å². The molecule has 6 nitrogen and oxygen atoms in total. The number of benzene rings is 1. The lowest BCUT2D eigenvalue weighted by atomic mass is 10.0. The average molecular weight is 447 g/mol. The molecule has 33 heavy (non-hydrogen) atoms. The molecule has 0 amide bonds. The number of rotatable bonds is 5. The molecule has 0 aliphatic heterocycles. The molecule has 0 spiro atoms. The second kappa shape index (κ2) is 9.17. The monoisotopic (exact) mass is 446 g/mol. The molecule has 1 N–H and O–H groups in total. The fraction of sp³-hybridized carbons (Fsp3) is 0.346. The van der Waals surface area contributed by atoms with E-state index in [1.54, 1.807) is 25.3 Å². The molecule has 1 fully saturated rings. The molecule has 7 heteroatoms. The van der Waals surface area contributed by atoms with Crippen molar-refractivity contribution in [2.75, 3.05) is 6.61 Å². The van der Waals surface area contributed by atoms with Crippen molar-refractivity contribution in [2.24, 2.45) is 0 Å². The van der Waals surface area contributed by atoms with Crippen LogP contribution in [-0.2, 0) is 4.74 Å². The molecule has 3 heterocycles. The first-order chi connectivity index (χ1) is 16.2. The van der Waals surface area contributed by atoms with Crippen LogP contribution in [0.3, 0.4) is 0 Å². The SMILES string of the molecule is CCOC(=O)c1nc(-c2ccc(F)cc2)c(-c2ccnc3[nH]ccc23)n1C1CCCCCC1. The number of hydrogen-bond acceptors (Lipinski definition) is 4. The highest BCUT2D eigenvalue weighted by Gasteiger charge is 2.30. The van der Waals surface area contributed by atoms with E-state index in [4.69, 9.17) is 9.72 Å². The molecule has 0 radical (unpaired) electrons. The van der Waals surface area contributed by atoms with E-state index in [0.29, 0.717) is 11.5 Å². The van der Waals surface area contributed by atoms with Crippen LogP contribution in [0, 0.1) is 5.82 Å². The van der Waals surface area contributed by atoms with E-state index in [9.17, 15) is 9.18 Å². The number of esters is 1. The zero-order valence-corrected chi connectivity index (χ0v) is 18.7. The van der Waals surface area contributed by atoms with Gasteiger partial charge in [-0.2, -0.15) is 0 Å². The minimum absolute atomic E-state index is 0.130. The Morgan fingerprint density at radius 2 is 1.88 bits per heavy atom. The van der Waals surface area contributed by atoms with Crippen molar-refractivity contribution < 1.29 is 13.9 Å². The number of imidazole rings is 1. The third-order valence-electron chi connectivity index (χ3n) is 6.39. The number of pyridine rings is 1. The van der Waals surface area contributed by atoms with Crippen LogP contribution >= 0.6 is 0 Å². The first kappa shape index (κ1) is 21.4. The number of carbonyl (C=O) groups excluding carboxylic acids is 1. The standard InChI is InChI=1S/C26H27FN4O2/c1-2-33-26(32)25-30-22(17-9-11-18(27)12-10-17)23(31(25)19-7-5-3-4-6-8-19)20-13-15-28-24-21(20)14-16-29-24/h9-16,19H,2-8H2,1H3,(H,28,29). The van der Waals surface area contributed by atoms with Gasteiger partial charge in [0.15, 0.2) is 0 Å². The molecular formula is C26H27FN4O2. The maximum atomic E-state index is 13.7. The summed E-state index contributed by atoms with van der Waals surface area (Å²) in [6.45, 7) is 2.07. The summed E-state index contributed by atoms with van der Waals surface area (Å²) in [5.74, 6) is -0.444. The van der Waals surface area contributed by atoms with Gasteiger partial charge in [-0.1, -0.05) is 25.7 Å². The summed E-state index contributed by atoms with van der Waals surface area (Å²) in [7, 11) is 0. The van der Waals surface area contributed by atoms with E-state index in [0.717, 1.165) is 53.5 Å². The van der Waals surface area contributed by atoms with E-state index in [2.05, 4.69) is 14.5 Å². The summed E-state index contributed by atoms with van der Waals surface area (Å²) in [4.78, 5) is 25.6. The molecule has 5 rings (SSSR count). The Kier molecular flexibility index (Phi) is 5.94. The molecule has 170 valence electrons. The number of halogens is 1. The van der Waals surface area contributed by atoms with E-state index in [-0.39, 0.29) is 18.5 Å². The quantitative estimate of drug-likeness (QED) is 0.288. The number of hydrogen-bond donors (Lipinski definition) is 1. The molecular weight excluding hydrogens is 419 g/mol. The van der Waals surface area contributed by atoms with Gasteiger partial charge in [0.1, 0.15) is 11.5 Å². The number of carbonyl (C=O) groups is 1. The van der Waals surface area contributed by atoms with Gasteiger partial charge >= 0.3 is 5.97 Å². The molecule has 0 unspecified atom stereocenters. The van der Waals surface area contributed by atoms with Crippen molar-refractivity contribution in [1.29, 1.82) is 0 Å². The van der Waals surface area contributed by atoms with Gasteiger partial charge in [0.05, 0.1) is 18.0 Å². The molecule has 0 saturated heterocycles. The third-order valence-corrected chi connectivity index (χ3v) is 6.39. The normalized spacial score (nSPS) is 15.0. The fourth-order valence-electron chi connectivity index (χ4n) is 4.88. The number of ether oxygens (including phenoxy) is 1. The number of H-pyrrole nitrogens is 1. The van der Waals surface area contributed by atoms with Crippen LogP contribution < -0.4 is 0 Å². The van der Waals surface area contributed by atoms with Crippen LogP contribution in [0.1, 0.15) is 62.1 Å². The van der Waals surface area contributed by atoms with E-state index in [1.165, 1.54) is 25.0 Å². The zero-order chi connectivity index (χ0) is 22.8. The Morgan fingerprint density at radius 1 is 1.12 bits per heavy atom. The fourth-order valence-corrected chi connectivity index (χ4v) is 4.88. The molecule has 1 aliphatic rings. The maximum absolute atomic E-state index is 13.7. The zero-order valence-electron chi connectivity index (χ0n) is 18.7. The van der Waals surface area contributed by atoms with Crippen molar-refractivity contribution in [3.63, 3.8) is 0 Å². The Hall–Kier alpha value is -3.48. The van der Waals surface area contributed by atoms with Crippen LogP contribution in [0.2, 0.25) is 0 Å². The molecule has 4 aromatic rings. The average Bonchev–Trinajstić information content (AvgIpc) is 3.37. The van der Waals surface area contributed by atoms with Crippen LogP contribution in [-0.4, -0.2) is 32.1 Å². The highest BCUT2D eigenvalue weighted by Crippen LogP contribution is 2.41. The number of fused-ring (bicyclic) bond motifs is 1. The van der Waals surface area contributed by atoms with E-state index >= 15 is 0 Å². The van der Waals surface area contributed by atoms with E-state index in [1.807, 2.05) is 18.3 Å². The largest absolute Gasteiger partial charge is 0.460 e. The highest BCUT2D eigenvalue weighted by molar-refractivity contribution is 5.98. The van der Waals surface area contributed by atoms with Crippen LogP contribution in [0.15, 0.2) is 48.8 Å². The second-order valence-corrected chi connectivity index (χ2v) is 8.47. The molecule has 0 bridgehead atoms. The summed E-state index contributed by atoms with van der Waals surface area (Å²) in [6.07, 6.45) is 10.2. The molecule has 1 saturated carbocycles. The number of nitrogens with one attached hydrogen (secondary N) is 1. The second-order valence-electron chi connectivity index (χ2n) is 8.47. The number of nitrogens with zero attached hydrogens (tertiary/aromatic N) is 3. The smallest absolute Gasteiger partial charge is 0.374 e. The van der Waals surface area contributed by atoms with Crippen LogP contribution in [0.4, 0.5) is 4.39 Å². The van der Waals surface area contributed by atoms with Crippen molar-refractivity contribution in [1.82, 2.24) is 19.5 Å². The molecule has 1 aromatic carbocycles. The minimum atomic E-state index is -0.435. The highest BCUT2D eigenvalue weighted by atomic mass is 19.1. The van der Waals surface area contributed by atoms with Crippen molar-refractivity contribution in [3.8, 4) is 22.5 Å². The van der Waals surface area contributed by atoms with Gasteiger partial charge in [-0.05, 0) is 56.2 Å². The van der Waals surface area contributed by atoms with Gasteiger partial charge in [-0.15, -0.1) is 0 Å². The van der Waals surface area contributed by atoms with Gasteiger partial charge < -0.3 is 14.3 Å². The van der Waals surface area contributed by atoms with Crippen molar-refractivity contribution >= 4 is 17.0 Å². The summed E-state index contributed by atoms with van der Waals surface area (Å²) in [6, 6.07) is 10.3. The summed E-state index contributed by atoms with van der Waals surface area (Å²) in [5, 5.41) is 0.950. The van der Waals surface area contributed by atoms with Crippen molar-refractivity contribution in [3.05, 3.63) is 60.4 Å². The Bertz CT molecular complexity index is 1270. The summed E-state index contributed by atoms with van der Waals surface area (Å²) < 4.78 is 21.2. The summed E-state index contributed by atoms with van der Waals surface area (Å²) >= 11 is 0. The number of aromatic nitrogens is 4. The van der Waals surface area contributed by atoms with Crippen LogP contribution in [0.25, 0.3) is 33.5 Å². The van der Waals surface area contributed by atoms with Crippen LogP contribution in [0.5, 0.6) is 0 Å². The lowest BCUT2D eigenvalue weighted by molar-refractivity contribution is 0.0503. The minimum Gasteiger partial charge on any atom is -0.460 e. The molecule has 0 atom stereocenters. The van der Waals surface area contributed by atoms with E-state index < -0.39 is 5.97 Å².